The first kappa shape index (κ1) is 25.9. The van der Waals surface area contributed by atoms with Crippen molar-refractivity contribution in [2.45, 2.75) is 63.6 Å². The molecule has 4 rings (SSSR count). The van der Waals surface area contributed by atoms with E-state index in [2.05, 4.69) is 5.32 Å². The van der Waals surface area contributed by atoms with Crippen LogP contribution in [0.4, 0.5) is 4.39 Å². The van der Waals surface area contributed by atoms with Crippen LogP contribution in [0.3, 0.4) is 0 Å². The lowest BCUT2D eigenvalue weighted by Crippen LogP contribution is -2.53. The zero-order chi connectivity index (χ0) is 25.3. The van der Waals surface area contributed by atoms with Gasteiger partial charge in [0.25, 0.3) is 0 Å². The molecule has 0 radical (unpaired) electrons. The van der Waals surface area contributed by atoms with Crippen molar-refractivity contribution in [2.24, 2.45) is 0 Å². The van der Waals surface area contributed by atoms with Crippen LogP contribution in [-0.4, -0.2) is 28.8 Å². The van der Waals surface area contributed by atoms with Gasteiger partial charge < -0.3 is 10.2 Å². The van der Waals surface area contributed by atoms with E-state index in [9.17, 15) is 14.0 Å². The van der Waals surface area contributed by atoms with Gasteiger partial charge >= 0.3 is 0 Å². The number of carbonyl (C=O) groups excluding carboxylic acids is 2. The van der Waals surface area contributed by atoms with E-state index in [1.54, 1.807) is 42.5 Å². The first-order chi connectivity index (χ1) is 17.5. The molecule has 0 aliphatic heterocycles. The predicted molar refractivity (Wildman–Crippen MR) is 141 cm³/mol. The minimum Gasteiger partial charge on any atom is -0.352 e. The molecule has 3 aromatic rings. The summed E-state index contributed by atoms with van der Waals surface area (Å²) in [6, 6.07) is 22.5. The van der Waals surface area contributed by atoms with E-state index in [1.165, 1.54) is 17.4 Å². The Bertz CT molecular complexity index is 1150. The number of nitrogens with one attached hydrogen (secondary N) is 1. The maximum absolute atomic E-state index is 14.7. The number of hydrogen-bond acceptors (Lipinski definition) is 2. The molecule has 1 atom stereocenters. The van der Waals surface area contributed by atoms with Crippen LogP contribution < -0.4 is 5.32 Å². The molecule has 188 valence electrons. The summed E-state index contributed by atoms with van der Waals surface area (Å²) in [7, 11) is 0. The zero-order valence-corrected chi connectivity index (χ0v) is 21.1. The third-order valence-electron chi connectivity index (χ3n) is 6.79. The molecule has 3 aromatic carbocycles. The Hall–Kier alpha value is -3.18. The second-order valence-corrected chi connectivity index (χ2v) is 9.90. The number of rotatable bonds is 9. The minimum atomic E-state index is -0.770. The topological polar surface area (TPSA) is 49.4 Å². The van der Waals surface area contributed by atoms with Crippen molar-refractivity contribution in [1.82, 2.24) is 10.2 Å². The van der Waals surface area contributed by atoms with Gasteiger partial charge in [-0.15, -0.1) is 0 Å². The first-order valence-corrected chi connectivity index (χ1v) is 13.0. The SMILES string of the molecule is O=C(NC1CCCCC1)[C@H](Cc1ccccc1)N(Cc1ccccc1F)C(=O)Cc1ccc(Cl)cc1. The van der Waals surface area contributed by atoms with E-state index in [1.807, 2.05) is 30.3 Å². The molecular formula is C30H32ClFN2O2. The van der Waals surface area contributed by atoms with E-state index >= 15 is 0 Å². The van der Waals surface area contributed by atoms with Gasteiger partial charge in [0.15, 0.2) is 0 Å². The summed E-state index contributed by atoms with van der Waals surface area (Å²) < 4.78 is 14.7. The maximum Gasteiger partial charge on any atom is 0.243 e. The van der Waals surface area contributed by atoms with Gasteiger partial charge in [0.1, 0.15) is 11.9 Å². The summed E-state index contributed by atoms with van der Waals surface area (Å²) in [4.78, 5) is 29.0. The number of halogens is 2. The van der Waals surface area contributed by atoms with Crippen molar-refractivity contribution in [1.29, 1.82) is 0 Å². The lowest BCUT2D eigenvalue weighted by Gasteiger charge is -2.33. The Balaban J connectivity index is 1.65. The van der Waals surface area contributed by atoms with Crippen LogP contribution in [0, 0.1) is 5.82 Å². The fraction of sp³-hybridized carbons (Fsp3) is 0.333. The number of hydrogen-bond donors (Lipinski definition) is 1. The highest BCUT2D eigenvalue weighted by molar-refractivity contribution is 6.30. The molecule has 0 saturated heterocycles. The van der Waals surface area contributed by atoms with Gasteiger partial charge in [-0.25, -0.2) is 4.39 Å². The smallest absolute Gasteiger partial charge is 0.243 e. The summed E-state index contributed by atoms with van der Waals surface area (Å²) in [5, 5.41) is 3.79. The van der Waals surface area contributed by atoms with Crippen LogP contribution in [0.1, 0.15) is 48.8 Å². The van der Waals surface area contributed by atoms with E-state index in [-0.39, 0.29) is 30.8 Å². The zero-order valence-electron chi connectivity index (χ0n) is 20.3. The predicted octanol–water partition coefficient (Wildman–Crippen LogP) is 6.11. The summed E-state index contributed by atoms with van der Waals surface area (Å²) in [6.45, 7) is 0.00861. The van der Waals surface area contributed by atoms with Gasteiger partial charge in [0.2, 0.25) is 11.8 Å². The van der Waals surface area contributed by atoms with Crippen molar-refractivity contribution >= 4 is 23.4 Å². The molecule has 0 spiro atoms. The summed E-state index contributed by atoms with van der Waals surface area (Å²) in [5.41, 5.74) is 2.11. The molecule has 0 unspecified atom stereocenters. The highest BCUT2D eigenvalue weighted by atomic mass is 35.5. The highest BCUT2D eigenvalue weighted by Crippen LogP contribution is 2.21. The van der Waals surface area contributed by atoms with E-state index in [0.29, 0.717) is 17.0 Å². The molecule has 0 bridgehead atoms. The standard InChI is InChI=1S/C30H32ClFN2O2/c31-25-17-15-23(16-18-25)20-29(35)34(21-24-11-7-8-14-27(24)32)28(19-22-9-3-1-4-10-22)30(36)33-26-12-5-2-6-13-26/h1,3-4,7-11,14-18,26,28H,2,5-6,12-13,19-21H2,(H,33,36)/t28-/m0/s1. The summed E-state index contributed by atoms with van der Waals surface area (Å²) in [6.07, 6.45) is 5.67. The largest absolute Gasteiger partial charge is 0.352 e. The van der Waals surface area contributed by atoms with Crippen LogP contribution in [0.5, 0.6) is 0 Å². The van der Waals surface area contributed by atoms with Crippen molar-refractivity contribution in [3.8, 4) is 0 Å². The second kappa shape index (κ2) is 12.7. The van der Waals surface area contributed by atoms with Crippen molar-refractivity contribution in [3.05, 3.63) is 106 Å². The Labute approximate surface area is 217 Å². The minimum absolute atomic E-state index is 0.00861. The van der Waals surface area contributed by atoms with Crippen LogP contribution in [0.25, 0.3) is 0 Å². The average Bonchev–Trinajstić information content (AvgIpc) is 2.89. The molecule has 6 heteroatoms. The van der Waals surface area contributed by atoms with E-state index in [0.717, 1.165) is 36.8 Å². The van der Waals surface area contributed by atoms with Gasteiger partial charge in [0.05, 0.1) is 6.42 Å². The lowest BCUT2D eigenvalue weighted by atomic mass is 9.94. The lowest BCUT2D eigenvalue weighted by molar-refractivity contribution is -0.141. The van der Waals surface area contributed by atoms with Crippen molar-refractivity contribution < 1.29 is 14.0 Å². The van der Waals surface area contributed by atoms with Gasteiger partial charge in [0, 0.05) is 29.6 Å². The molecule has 1 saturated carbocycles. The number of nitrogens with zero attached hydrogens (tertiary/aromatic N) is 1. The van der Waals surface area contributed by atoms with Gasteiger partial charge in [-0.1, -0.05) is 91.5 Å². The normalized spacial score (nSPS) is 14.7. The fourth-order valence-corrected chi connectivity index (χ4v) is 4.91. The average molecular weight is 507 g/mol. The van der Waals surface area contributed by atoms with Crippen molar-refractivity contribution in [3.63, 3.8) is 0 Å². The van der Waals surface area contributed by atoms with Gasteiger partial charge in [-0.05, 0) is 42.2 Å². The van der Waals surface area contributed by atoms with E-state index in [4.69, 9.17) is 11.6 Å². The summed E-state index contributed by atoms with van der Waals surface area (Å²) >= 11 is 6.02. The summed E-state index contributed by atoms with van der Waals surface area (Å²) in [5.74, 6) is -0.820. The van der Waals surface area contributed by atoms with Crippen LogP contribution in [-0.2, 0) is 29.0 Å². The Kier molecular flexibility index (Phi) is 9.12. The van der Waals surface area contributed by atoms with E-state index < -0.39 is 11.9 Å². The quantitative estimate of drug-likeness (QED) is 0.380. The van der Waals surface area contributed by atoms with Gasteiger partial charge in [-0.3, -0.25) is 9.59 Å². The van der Waals surface area contributed by atoms with Crippen LogP contribution in [0.15, 0.2) is 78.9 Å². The third-order valence-corrected chi connectivity index (χ3v) is 7.04. The highest BCUT2D eigenvalue weighted by Gasteiger charge is 2.32. The molecule has 4 nitrogen and oxygen atoms in total. The fourth-order valence-electron chi connectivity index (χ4n) is 4.79. The molecule has 1 N–H and O–H groups in total. The molecule has 1 fully saturated rings. The maximum atomic E-state index is 14.7. The number of carbonyl (C=O) groups is 2. The van der Waals surface area contributed by atoms with Crippen LogP contribution in [0.2, 0.25) is 5.02 Å². The molecule has 2 amide bonds. The third kappa shape index (κ3) is 7.17. The first-order valence-electron chi connectivity index (χ1n) is 12.6. The number of benzene rings is 3. The van der Waals surface area contributed by atoms with Gasteiger partial charge in [-0.2, -0.15) is 0 Å². The molecule has 36 heavy (non-hydrogen) atoms. The Morgan fingerprint density at radius 2 is 1.56 bits per heavy atom. The molecule has 0 heterocycles. The monoisotopic (exact) mass is 506 g/mol. The Morgan fingerprint density at radius 1 is 0.889 bits per heavy atom. The second-order valence-electron chi connectivity index (χ2n) is 9.47. The van der Waals surface area contributed by atoms with Crippen LogP contribution >= 0.6 is 11.6 Å². The molecule has 1 aliphatic rings. The molecular weight excluding hydrogens is 475 g/mol. The Morgan fingerprint density at radius 3 is 2.25 bits per heavy atom. The molecule has 1 aliphatic carbocycles. The van der Waals surface area contributed by atoms with Crippen molar-refractivity contribution in [2.75, 3.05) is 0 Å². The number of amides is 2. The molecule has 0 aromatic heterocycles.